The van der Waals surface area contributed by atoms with E-state index < -0.39 is 48.3 Å². The van der Waals surface area contributed by atoms with Crippen molar-refractivity contribution in [3.63, 3.8) is 0 Å². The third-order valence-electron chi connectivity index (χ3n) is 2.58. The van der Waals surface area contributed by atoms with Gasteiger partial charge in [-0.1, -0.05) is 0 Å². The number of aliphatic hydroxyl groups is 1. The van der Waals surface area contributed by atoms with Gasteiger partial charge in [0.15, 0.2) is 6.67 Å². The number of alkyl halides is 15. The molecule has 0 fully saturated rings. The van der Waals surface area contributed by atoms with E-state index in [1.807, 2.05) is 0 Å². The summed E-state index contributed by atoms with van der Waals surface area (Å²) < 4.78 is 187. The summed E-state index contributed by atoms with van der Waals surface area (Å²) in [7, 11) is 0. The molecule has 0 unspecified atom stereocenters. The van der Waals surface area contributed by atoms with E-state index in [1.54, 1.807) is 0 Å². The van der Waals surface area contributed by atoms with E-state index in [4.69, 9.17) is 5.11 Å². The smallest absolute Gasteiger partial charge is 0.423 e. The van der Waals surface area contributed by atoms with Crippen LogP contribution in [-0.2, 0) is 0 Å². The summed E-state index contributed by atoms with van der Waals surface area (Å²) >= 11 is 0. The Kier molecular flexibility index (Phi) is 6.79. The third kappa shape index (κ3) is 3.30. The normalized spacial score (nSPS) is 15.8. The molecule has 0 rings (SSSR count). The van der Waals surface area contributed by atoms with Crippen molar-refractivity contribution in [2.24, 2.45) is 0 Å². The topological polar surface area (TPSA) is 20.2 Å². The Hall–Kier alpha value is -0.800. The molecule has 0 aliphatic carbocycles. The number of rotatable bonds is 7. The Labute approximate surface area is 133 Å². The maximum Gasteiger partial charge on any atom is 0.423 e. The predicted molar refractivity (Wildman–Crippen MR) is 42.8 cm³/mol. The van der Waals surface area contributed by atoms with Crippen LogP contribution in [0.25, 0.3) is 0 Å². The average Bonchev–Trinajstić information content (AvgIpc) is 2.36. The van der Waals surface area contributed by atoms with Gasteiger partial charge in [0.25, 0.3) is 0 Å². The molecule has 0 saturated carbocycles. The molecule has 0 saturated heterocycles. The summed E-state index contributed by atoms with van der Waals surface area (Å²) in [6.07, 6.45) is -7.14. The molecule has 0 bridgehead atoms. The van der Waals surface area contributed by atoms with Crippen molar-refractivity contribution in [2.75, 3.05) is 6.67 Å². The molecule has 1 nitrogen and oxygen atoms in total. The Morgan fingerprint density at radius 1 is 0.480 bits per heavy atom. The lowest BCUT2D eigenvalue weighted by Gasteiger charge is -2.41. The molecule has 0 aromatic carbocycles. The molecule has 0 atom stereocenters. The van der Waals surface area contributed by atoms with Gasteiger partial charge in [0.2, 0.25) is 0 Å². The zero-order chi connectivity index (χ0) is 20.2. The van der Waals surface area contributed by atoms with Gasteiger partial charge >= 0.3 is 41.6 Å². The minimum atomic E-state index is -8.28. The molecule has 0 radical (unpaired) electrons. The molecule has 0 aliphatic heterocycles. The minimum absolute atomic E-state index is 0. The molecule has 17 heteroatoms. The summed E-state index contributed by atoms with van der Waals surface area (Å²) in [6, 6.07) is 0. The second kappa shape index (κ2) is 6.42. The van der Waals surface area contributed by atoms with E-state index in [0.717, 1.165) is 0 Å². The van der Waals surface area contributed by atoms with Crippen molar-refractivity contribution >= 4 is 0 Å². The molecule has 1 N–H and O–H groups in total. The summed E-state index contributed by atoms with van der Waals surface area (Å²) in [5.41, 5.74) is 0. The summed E-state index contributed by atoms with van der Waals surface area (Å²) in [6.45, 7) is -3.82. The van der Waals surface area contributed by atoms with E-state index >= 15 is 0 Å². The molecule has 0 heterocycles. The first kappa shape index (κ1) is 26.4. The number of hydrogen-bond acceptors (Lipinski definition) is 1. The van der Waals surface area contributed by atoms with Crippen LogP contribution in [0.1, 0.15) is 0 Å². The molecule has 0 spiro atoms. The lowest BCUT2D eigenvalue weighted by Crippen LogP contribution is -3.00. The van der Waals surface area contributed by atoms with Gasteiger partial charge in [-0.2, -0.15) is 61.5 Å². The second-order valence-electron chi connectivity index (χ2n) is 4.25. The van der Waals surface area contributed by atoms with Crippen LogP contribution >= 0.6 is 0 Å². The van der Waals surface area contributed by atoms with E-state index in [-0.39, 0.29) is 12.4 Å². The molecule has 154 valence electrons. The van der Waals surface area contributed by atoms with Crippen LogP contribution in [0.2, 0.25) is 0 Å². The van der Waals surface area contributed by atoms with Crippen molar-refractivity contribution < 1.29 is 83.4 Å². The van der Waals surface area contributed by atoms with Crippen LogP contribution in [0.3, 0.4) is 0 Å². The maximum absolute atomic E-state index is 12.8. The quantitative estimate of drug-likeness (QED) is 0.599. The first-order valence-corrected chi connectivity index (χ1v) is 4.99. The van der Waals surface area contributed by atoms with Crippen molar-refractivity contribution in [1.82, 2.24) is 0 Å². The van der Waals surface area contributed by atoms with E-state index in [1.165, 1.54) is 0 Å². The lowest BCUT2D eigenvalue weighted by atomic mass is 9.91. The van der Waals surface area contributed by atoms with Gasteiger partial charge in [-0.15, -0.1) is 0 Å². The SMILES string of the molecule is OC(F)(F)C(F)(F)C(F)(F)C(F)(F)C(F)(F)C(F)(F)C(F)(F)CF.[Cl-]. The molecular weight excluding hydrogens is 433 g/mol. The van der Waals surface area contributed by atoms with E-state index in [0.29, 0.717) is 0 Å². The Bertz CT molecular complexity index is 467. The van der Waals surface area contributed by atoms with Crippen molar-refractivity contribution in [1.29, 1.82) is 0 Å². The van der Waals surface area contributed by atoms with Gasteiger partial charge in [-0.25, -0.2) is 4.39 Å². The summed E-state index contributed by atoms with van der Waals surface area (Å²) in [5, 5.41) is 7.38. The first-order valence-electron chi connectivity index (χ1n) is 4.99. The van der Waals surface area contributed by atoms with Gasteiger partial charge < -0.3 is 17.5 Å². The highest BCUT2D eigenvalue weighted by Gasteiger charge is 2.92. The fourth-order valence-corrected chi connectivity index (χ4v) is 1.09. The molecule has 0 amide bonds. The summed E-state index contributed by atoms with van der Waals surface area (Å²) in [4.78, 5) is 0. The van der Waals surface area contributed by atoms with Crippen LogP contribution in [0.4, 0.5) is 65.9 Å². The van der Waals surface area contributed by atoms with Crippen molar-refractivity contribution in [3.8, 4) is 0 Å². The highest BCUT2D eigenvalue weighted by atomic mass is 35.5. The highest BCUT2D eigenvalue weighted by Crippen LogP contribution is 2.61. The fourth-order valence-electron chi connectivity index (χ4n) is 1.09. The van der Waals surface area contributed by atoms with Crippen molar-refractivity contribution in [3.05, 3.63) is 0 Å². The minimum Gasteiger partial charge on any atom is -1.00 e. The van der Waals surface area contributed by atoms with E-state index in [2.05, 4.69) is 0 Å². The number of halogens is 16. The van der Waals surface area contributed by atoms with Crippen LogP contribution < -0.4 is 12.4 Å². The molecular formula is C8H3ClF15O-. The zero-order valence-electron chi connectivity index (χ0n) is 10.7. The Morgan fingerprint density at radius 2 is 0.720 bits per heavy atom. The van der Waals surface area contributed by atoms with Gasteiger partial charge in [-0.05, 0) is 0 Å². The third-order valence-corrected chi connectivity index (χ3v) is 2.58. The Morgan fingerprint density at radius 3 is 0.960 bits per heavy atom. The average molecular weight is 436 g/mol. The van der Waals surface area contributed by atoms with Crippen molar-refractivity contribution in [2.45, 2.75) is 41.6 Å². The zero-order valence-corrected chi connectivity index (χ0v) is 11.5. The van der Waals surface area contributed by atoms with Gasteiger partial charge in [0.05, 0.1) is 0 Å². The second-order valence-corrected chi connectivity index (χ2v) is 4.25. The standard InChI is InChI=1S/C8H3F15O.ClH/c9-1-2(10,11)3(12,13)4(14,15)5(16,17)6(18,19)7(20,21)8(22,23)24;/h24H,1H2;1H/p-1. The predicted octanol–water partition coefficient (Wildman–Crippen LogP) is 1.36. The first-order chi connectivity index (χ1) is 10.1. The summed E-state index contributed by atoms with van der Waals surface area (Å²) in [5.74, 6) is -46.9. The lowest BCUT2D eigenvalue weighted by molar-refractivity contribution is -0.461. The molecule has 0 aromatic heterocycles. The van der Waals surface area contributed by atoms with Crippen LogP contribution in [0.15, 0.2) is 0 Å². The van der Waals surface area contributed by atoms with E-state index in [9.17, 15) is 65.9 Å². The molecule has 0 aliphatic rings. The van der Waals surface area contributed by atoms with Crippen LogP contribution in [0.5, 0.6) is 0 Å². The molecule has 25 heavy (non-hydrogen) atoms. The molecule has 0 aromatic rings. The number of hydrogen-bond donors (Lipinski definition) is 1. The highest BCUT2D eigenvalue weighted by molar-refractivity contribution is 5.12. The van der Waals surface area contributed by atoms with Crippen LogP contribution in [-0.4, -0.2) is 53.4 Å². The van der Waals surface area contributed by atoms with Gasteiger partial charge in [0, 0.05) is 0 Å². The van der Waals surface area contributed by atoms with Gasteiger partial charge in [0.1, 0.15) is 0 Å². The van der Waals surface area contributed by atoms with Crippen LogP contribution in [0, 0.1) is 0 Å². The Balaban J connectivity index is 0. The van der Waals surface area contributed by atoms with Gasteiger partial charge in [-0.3, -0.25) is 0 Å². The fraction of sp³-hybridized carbons (Fsp3) is 1.00. The maximum atomic E-state index is 12.8. The largest absolute Gasteiger partial charge is 1.00 e. The monoisotopic (exact) mass is 435 g/mol.